The smallest absolute Gasteiger partial charge is 0.212 e. The van der Waals surface area contributed by atoms with Gasteiger partial charge in [-0.25, -0.2) is 0 Å². The van der Waals surface area contributed by atoms with Gasteiger partial charge in [-0.1, -0.05) is 29.3 Å². The predicted octanol–water partition coefficient (Wildman–Crippen LogP) is 3.63. The normalized spacial score (nSPS) is 11.9. The topological polar surface area (TPSA) is 60.2 Å². The lowest BCUT2D eigenvalue weighted by Crippen LogP contribution is -2.44. The monoisotopic (exact) mass is 284 g/mol. The number of nitriles is 1. The minimum atomic E-state index is -0.240. The minimum Gasteiger partial charge on any atom is -0.351 e. The maximum Gasteiger partial charge on any atom is 0.212 e. The first-order valence-corrected chi connectivity index (χ1v) is 6.05. The first kappa shape index (κ1) is 14.6. The van der Waals surface area contributed by atoms with Crippen molar-refractivity contribution in [1.29, 1.82) is 5.26 Å². The van der Waals surface area contributed by atoms with E-state index >= 15 is 0 Å². The van der Waals surface area contributed by atoms with Crippen LogP contribution in [0.2, 0.25) is 10.0 Å². The third-order valence-electron chi connectivity index (χ3n) is 1.86. The maximum atomic E-state index is 8.67. The molecule has 0 aliphatic rings. The van der Waals surface area contributed by atoms with Gasteiger partial charge >= 0.3 is 0 Å². The number of hydrogen-bond donors (Lipinski definition) is 2. The van der Waals surface area contributed by atoms with Crippen molar-refractivity contribution >= 4 is 34.8 Å². The van der Waals surface area contributed by atoms with Gasteiger partial charge in [0.25, 0.3) is 0 Å². The Morgan fingerprint density at radius 2 is 1.83 bits per heavy atom. The Bertz CT molecular complexity index is 478. The van der Waals surface area contributed by atoms with Crippen LogP contribution in [0.3, 0.4) is 0 Å². The van der Waals surface area contributed by atoms with Gasteiger partial charge in [0, 0.05) is 5.54 Å². The van der Waals surface area contributed by atoms with Crippen molar-refractivity contribution in [2.45, 2.75) is 26.3 Å². The van der Waals surface area contributed by atoms with E-state index < -0.39 is 0 Å². The quantitative estimate of drug-likeness (QED) is 0.470. The molecule has 0 aromatic heterocycles. The molecule has 1 rings (SSSR count). The number of halogens is 2. The van der Waals surface area contributed by atoms with Gasteiger partial charge in [-0.05, 0) is 32.9 Å². The van der Waals surface area contributed by atoms with Crippen LogP contribution in [0.5, 0.6) is 0 Å². The number of rotatable bonds is 1. The Hall–Kier alpha value is -1.44. The summed E-state index contributed by atoms with van der Waals surface area (Å²) in [6, 6.07) is 5.15. The van der Waals surface area contributed by atoms with Crippen molar-refractivity contribution in [2.75, 3.05) is 5.32 Å². The van der Waals surface area contributed by atoms with Crippen LogP contribution >= 0.6 is 23.2 Å². The van der Waals surface area contributed by atoms with Crippen LogP contribution in [-0.4, -0.2) is 11.5 Å². The molecule has 0 heterocycles. The Labute approximate surface area is 117 Å². The highest BCUT2D eigenvalue weighted by Crippen LogP contribution is 2.29. The second-order valence-electron chi connectivity index (χ2n) is 4.66. The molecule has 18 heavy (non-hydrogen) atoms. The lowest BCUT2D eigenvalue weighted by atomic mass is 10.1. The molecule has 0 aliphatic carbocycles. The van der Waals surface area contributed by atoms with Gasteiger partial charge in [0.05, 0.1) is 15.7 Å². The zero-order valence-electron chi connectivity index (χ0n) is 10.4. The summed E-state index contributed by atoms with van der Waals surface area (Å²) in [5, 5.41) is 15.6. The van der Waals surface area contributed by atoms with E-state index in [4.69, 9.17) is 28.5 Å². The second-order valence-corrected chi connectivity index (χ2v) is 5.47. The first-order valence-electron chi connectivity index (χ1n) is 5.29. The van der Waals surface area contributed by atoms with Crippen molar-refractivity contribution in [3.8, 4) is 6.19 Å². The van der Waals surface area contributed by atoms with Crippen molar-refractivity contribution < 1.29 is 0 Å². The van der Waals surface area contributed by atoms with Crippen molar-refractivity contribution in [3.63, 3.8) is 0 Å². The van der Waals surface area contributed by atoms with E-state index in [1.165, 1.54) is 0 Å². The van der Waals surface area contributed by atoms with E-state index in [2.05, 4.69) is 15.6 Å². The average Bonchev–Trinajstić information content (AvgIpc) is 2.21. The van der Waals surface area contributed by atoms with Gasteiger partial charge in [-0.2, -0.15) is 5.26 Å². The Morgan fingerprint density at radius 1 is 1.28 bits per heavy atom. The van der Waals surface area contributed by atoms with Gasteiger partial charge in [-0.3, -0.25) is 0 Å². The molecule has 0 amide bonds. The molecule has 0 fully saturated rings. The molecule has 96 valence electrons. The molecule has 6 heteroatoms. The third-order valence-corrected chi connectivity index (χ3v) is 2.49. The van der Waals surface area contributed by atoms with E-state index in [0.29, 0.717) is 21.7 Å². The standard InChI is InChI=1S/C12H14Cl2N4/c1-12(2,3)18-11(16-7-15)17-10-8(13)5-4-6-9(10)14/h4-6H,1-3H3,(H2,16,17,18). The van der Waals surface area contributed by atoms with E-state index in [1.807, 2.05) is 20.8 Å². The lowest BCUT2D eigenvalue weighted by Gasteiger charge is -2.23. The molecule has 0 spiro atoms. The van der Waals surface area contributed by atoms with Gasteiger partial charge in [0.15, 0.2) is 0 Å². The highest BCUT2D eigenvalue weighted by molar-refractivity contribution is 6.39. The summed E-state index contributed by atoms with van der Waals surface area (Å²) in [7, 11) is 0. The second kappa shape index (κ2) is 5.94. The Kier molecular flexibility index (Phi) is 4.83. The number of aliphatic imine (C=N–C) groups is 1. The molecule has 1 aromatic carbocycles. The third kappa shape index (κ3) is 4.44. The molecule has 0 unspecified atom stereocenters. The highest BCUT2D eigenvalue weighted by atomic mass is 35.5. The van der Waals surface area contributed by atoms with Gasteiger partial charge < -0.3 is 10.6 Å². The fraction of sp³-hybridized carbons (Fsp3) is 0.333. The summed E-state index contributed by atoms with van der Waals surface area (Å²) < 4.78 is 0. The summed E-state index contributed by atoms with van der Waals surface area (Å²) in [4.78, 5) is 3.67. The summed E-state index contributed by atoms with van der Waals surface area (Å²) in [6.45, 7) is 5.86. The number of benzene rings is 1. The Balaban J connectivity index is 2.99. The number of para-hydroxylation sites is 1. The zero-order valence-corrected chi connectivity index (χ0v) is 11.9. The van der Waals surface area contributed by atoms with Crippen molar-refractivity contribution in [1.82, 2.24) is 5.32 Å². The van der Waals surface area contributed by atoms with Gasteiger partial charge in [-0.15, -0.1) is 4.99 Å². The molecular weight excluding hydrogens is 271 g/mol. The highest BCUT2D eigenvalue weighted by Gasteiger charge is 2.14. The molecule has 4 nitrogen and oxygen atoms in total. The summed E-state index contributed by atoms with van der Waals surface area (Å²) in [5.74, 6) is 0.306. The molecule has 0 bridgehead atoms. The predicted molar refractivity (Wildman–Crippen MR) is 76.0 cm³/mol. The van der Waals surface area contributed by atoms with E-state index in [-0.39, 0.29) is 5.54 Å². The van der Waals surface area contributed by atoms with Gasteiger partial charge in [0.1, 0.15) is 0 Å². The molecule has 1 aromatic rings. The van der Waals surface area contributed by atoms with E-state index in [1.54, 1.807) is 24.4 Å². The summed E-state index contributed by atoms with van der Waals surface area (Å²) in [5.41, 5.74) is 0.280. The summed E-state index contributed by atoms with van der Waals surface area (Å²) >= 11 is 12.1. The number of nitrogens with zero attached hydrogens (tertiary/aromatic N) is 2. The van der Waals surface area contributed by atoms with E-state index in [9.17, 15) is 0 Å². The molecule has 2 N–H and O–H groups in total. The average molecular weight is 285 g/mol. The van der Waals surface area contributed by atoms with Crippen LogP contribution in [-0.2, 0) is 0 Å². The SMILES string of the molecule is CC(C)(C)NC(=NC#N)Nc1c(Cl)cccc1Cl. The molecular formula is C12H14Cl2N4. The maximum absolute atomic E-state index is 8.67. The number of anilines is 1. The fourth-order valence-corrected chi connectivity index (χ4v) is 1.72. The minimum absolute atomic E-state index is 0.240. The van der Waals surface area contributed by atoms with Crippen LogP contribution in [0.4, 0.5) is 5.69 Å². The number of hydrogen-bond acceptors (Lipinski definition) is 2. The van der Waals surface area contributed by atoms with Crippen LogP contribution in [0.25, 0.3) is 0 Å². The van der Waals surface area contributed by atoms with Crippen molar-refractivity contribution in [3.05, 3.63) is 28.2 Å². The van der Waals surface area contributed by atoms with Gasteiger partial charge in [0.2, 0.25) is 12.2 Å². The molecule has 0 saturated heterocycles. The Morgan fingerprint density at radius 3 is 2.28 bits per heavy atom. The number of nitrogens with one attached hydrogen (secondary N) is 2. The fourth-order valence-electron chi connectivity index (χ4n) is 1.23. The largest absolute Gasteiger partial charge is 0.351 e. The molecule has 0 atom stereocenters. The number of guanidine groups is 1. The first-order chi connectivity index (χ1) is 8.33. The van der Waals surface area contributed by atoms with E-state index in [0.717, 1.165) is 0 Å². The molecule has 0 aliphatic heterocycles. The van der Waals surface area contributed by atoms with Crippen LogP contribution < -0.4 is 10.6 Å². The molecule has 0 saturated carbocycles. The van der Waals surface area contributed by atoms with Crippen LogP contribution in [0, 0.1) is 11.5 Å². The van der Waals surface area contributed by atoms with Crippen LogP contribution in [0.1, 0.15) is 20.8 Å². The lowest BCUT2D eigenvalue weighted by molar-refractivity contribution is 0.511. The van der Waals surface area contributed by atoms with Crippen LogP contribution in [0.15, 0.2) is 23.2 Å². The zero-order chi connectivity index (χ0) is 13.8. The summed E-state index contributed by atoms with van der Waals surface area (Å²) in [6.07, 6.45) is 1.73. The van der Waals surface area contributed by atoms with Crippen molar-refractivity contribution in [2.24, 2.45) is 4.99 Å². The molecule has 0 radical (unpaired) electrons.